The first kappa shape index (κ1) is 15.9. The molecule has 126 valence electrons. The lowest BCUT2D eigenvalue weighted by Crippen LogP contribution is -2.42. The summed E-state index contributed by atoms with van der Waals surface area (Å²) < 4.78 is 2.20. The van der Waals surface area contributed by atoms with E-state index in [1.54, 1.807) is 28.8 Å². The number of hydrogen-bond acceptors (Lipinski definition) is 5. The maximum absolute atomic E-state index is 12.7. The number of benzene rings is 2. The third-order valence-corrected chi connectivity index (χ3v) is 5.29. The van der Waals surface area contributed by atoms with E-state index in [4.69, 9.17) is 11.6 Å². The van der Waals surface area contributed by atoms with Crippen LogP contribution in [0.4, 0.5) is 5.69 Å². The number of anilines is 1. The molecule has 1 aliphatic rings. The van der Waals surface area contributed by atoms with Crippen molar-refractivity contribution in [3.8, 4) is 5.75 Å². The normalized spacial score (nSPS) is 14.3. The fraction of sp³-hybridized carbons (Fsp3) is 0.111. The highest BCUT2D eigenvalue weighted by Gasteiger charge is 2.16. The molecule has 0 fully saturated rings. The average Bonchev–Trinajstić information content (AvgIpc) is 2.93. The Balaban J connectivity index is 1.73. The molecule has 0 bridgehead atoms. The van der Waals surface area contributed by atoms with Crippen molar-refractivity contribution in [1.29, 1.82) is 0 Å². The molecule has 0 saturated heterocycles. The number of thiazole rings is 1. The van der Waals surface area contributed by atoms with Crippen molar-refractivity contribution < 1.29 is 5.11 Å². The van der Waals surface area contributed by atoms with Crippen LogP contribution in [0.25, 0.3) is 6.08 Å². The van der Waals surface area contributed by atoms with Crippen LogP contribution < -0.4 is 19.8 Å². The summed E-state index contributed by atoms with van der Waals surface area (Å²) in [5.74, 6) is 0.151. The summed E-state index contributed by atoms with van der Waals surface area (Å²) in [6, 6.07) is 14.4. The van der Waals surface area contributed by atoms with Crippen LogP contribution in [0.1, 0.15) is 5.56 Å². The molecule has 7 heteroatoms. The first-order chi connectivity index (χ1) is 12.1. The second-order valence-electron chi connectivity index (χ2n) is 5.64. The Bertz CT molecular complexity index is 1100. The summed E-state index contributed by atoms with van der Waals surface area (Å²) in [5.41, 5.74) is 1.47. The van der Waals surface area contributed by atoms with Crippen molar-refractivity contribution in [3.63, 3.8) is 0 Å². The van der Waals surface area contributed by atoms with Gasteiger partial charge in [0.25, 0.3) is 5.56 Å². The van der Waals surface area contributed by atoms with Crippen LogP contribution in [0, 0.1) is 0 Å². The van der Waals surface area contributed by atoms with Crippen LogP contribution in [0.3, 0.4) is 0 Å². The number of nitrogens with zero attached hydrogens (tertiary/aromatic N) is 3. The minimum Gasteiger partial charge on any atom is -0.507 e. The van der Waals surface area contributed by atoms with Crippen LogP contribution in [-0.4, -0.2) is 16.3 Å². The lowest BCUT2D eigenvalue weighted by atomic mass is 10.2. The zero-order valence-corrected chi connectivity index (χ0v) is 14.7. The summed E-state index contributed by atoms with van der Waals surface area (Å²) in [6.07, 6.45) is 1.70. The zero-order valence-electron chi connectivity index (χ0n) is 13.1. The molecule has 1 aliphatic heterocycles. The highest BCUT2D eigenvalue weighted by atomic mass is 35.5. The molecule has 0 unspecified atom stereocenters. The zero-order chi connectivity index (χ0) is 17.4. The van der Waals surface area contributed by atoms with Crippen molar-refractivity contribution in [2.24, 2.45) is 4.99 Å². The van der Waals surface area contributed by atoms with E-state index in [1.165, 1.54) is 11.3 Å². The summed E-state index contributed by atoms with van der Waals surface area (Å²) in [4.78, 5) is 19.9. The standard InChI is InChI=1S/C18H14ClN3O2S/c19-13-5-7-14(8-6-13)21-10-20-18-22(11-21)17(24)16(25-18)9-12-3-1-2-4-15(12)23/h1-9,23H,10-11H2. The minimum absolute atomic E-state index is 0.106. The molecule has 2 aromatic carbocycles. The van der Waals surface area contributed by atoms with Gasteiger partial charge in [-0.1, -0.05) is 41.1 Å². The molecular weight excluding hydrogens is 358 g/mol. The van der Waals surface area contributed by atoms with Crippen molar-refractivity contribution in [1.82, 2.24) is 4.57 Å². The Labute approximate surface area is 152 Å². The average molecular weight is 372 g/mol. The van der Waals surface area contributed by atoms with E-state index in [0.717, 1.165) is 5.69 Å². The lowest BCUT2D eigenvalue weighted by molar-refractivity contribution is 0.474. The number of aromatic nitrogens is 1. The van der Waals surface area contributed by atoms with E-state index in [2.05, 4.69) is 4.99 Å². The quantitative estimate of drug-likeness (QED) is 0.751. The second-order valence-corrected chi connectivity index (χ2v) is 7.09. The van der Waals surface area contributed by atoms with Crippen LogP contribution in [0.2, 0.25) is 5.02 Å². The van der Waals surface area contributed by atoms with Gasteiger partial charge in [0.2, 0.25) is 0 Å². The van der Waals surface area contributed by atoms with Gasteiger partial charge in [0, 0.05) is 16.3 Å². The van der Waals surface area contributed by atoms with Gasteiger partial charge in [0.05, 0.1) is 4.53 Å². The third kappa shape index (κ3) is 3.06. The topological polar surface area (TPSA) is 57.8 Å². The third-order valence-electron chi connectivity index (χ3n) is 3.99. The predicted octanol–water partition coefficient (Wildman–Crippen LogP) is 2.15. The lowest BCUT2D eigenvalue weighted by Gasteiger charge is -2.25. The number of rotatable bonds is 2. The van der Waals surface area contributed by atoms with Gasteiger partial charge in [-0.05, 0) is 36.4 Å². The highest BCUT2D eigenvalue weighted by Crippen LogP contribution is 2.19. The van der Waals surface area contributed by atoms with Gasteiger partial charge in [-0.3, -0.25) is 9.36 Å². The maximum Gasteiger partial charge on any atom is 0.271 e. The smallest absolute Gasteiger partial charge is 0.271 e. The summed E-state index contributed by atoms with van der Waals surface area (Å²) >= 11 is 7.26. The number of para-hydroxylation sites is 1. The molecule has 25 heavy (non-hydrogen) atoms. The Hall–Kier alpha value is -2.57. The van der Waals surface area contributed by atoms with Crippen molar-refractivity contribution in [2.45, 2.75) is 6.67 Å². The summed E-state index contributed by atoms with van der Waals surface area (Å²) in [5, 5.41) is 10.6. The van der Waals surface area contributed by atoms with E-state index in [9.17, 15) is 9.90 Å². The summed E-state index contributed by atoms with van der Waals surface area (Å²) in [6.45, 7) is 0.919. The Morgan fingerprint density at radius 1 is 1.16 bits per heavy atom. The molecule has 1 N–H and O–H groups in total. The predicted molar refractivity (Wildman–Crippen MR) is 99.8 cm³/mol. The van der Waals surface area contributed by atoms with Gasteiger partial charge in [0.1, 0.15) is 19.1 Å². The highest BCUT2D eigenvalue weighted by molar-refractivity contribution is 7.07. The molecule has 2 heterocycles. The Kier molecular flexibility index (Phi) is 4.07. The van der Waals surface area contributed by atoms with Crippen molar-refractivity contribution in [2.75, 3.05) is 11.6 Å². The number of phenolic OH excluding ortho intramolecular Hbond substituents is 1. The van der Waals surface area contributed by atoms with E-state index < -0.39 is 0 Å². The molecule has 0 radical (unpaired) electrons. The molecule has 0 amide bonds. The van der Waals surface area contributed by atoms with Gasteiger partial charge in [-0.25, -0.2) is 4.99 Å². The van der Waals surface area contributed by atoms with E-state index in [-0.39, 0.29) is 11.3 Å². The minimum atomic E-state index is -0.106. The number of hydrogen-bond donors (Lipinski definition) is 1. The fourth-order valence-corrected chi connectivity index (χ4v) is 3.76. The first-order valence-electron chi connectivity index (χ1n) is 7.66. The molecule has 1 aromatic heterocycles. The molecular formula is C18H14ClN3O2S. The number of halogens is 1. The van der Waals surface area contributed by atoms with Gasteiger partial charge in [-0.15, -0.1) is 0 Å². The number of aromatic hydroxyl groups is 1. The van der Waals surface area contributed by atoms with E-state index in [1.807, 2.05) is 35.2 Å². The van der Waals surface area contributed by atoms with E-state index in [0.29, 0.717) is 33.3 Å². The monoisotopic (exact) mass is 371 g/mol. The van der Waals surface area contributed by atoms with Crippen LogP contribution in [-0.2, 0) is 6.67 Å². The SMILES string of the molecule is O=c1c(=Cc2ccccc2O)sc2n1CN(c1ccc(Cl)cc1)CN=2. The second kappa shape index (κ2) is 6.38. The Morgan fingerprint density at radius 2 is 1.92 bits per heavy atom. The van der Waals surface area contributed by atoms with Crippen molar-refractivity contribution >= 4 is 34.7 Å². The van der Waals surface area contributed by atoms with Crippen LogP contribution in [0.5, 0.6) is 5.75 Å². The molecule has 4 rings (SSSR count). The molecule has 5 nitrogen and oxygen atoms in total. The molecule has 0 saturated carbocycles. The van der Waals surface area contributed by atoms with Gasteiger partial charge in [-0.2, -0.15) is 0 Å². The van der Waals surface area contributed by atoms with E-state index >= 15 is 0 Å². The molecule has 0 atom stereocenters. The van der Waals surface area contributed by atoms with Gasteiger partial charge >= 0.3 is 0 Å². The Morgan fingerprint density at radius 3 is 2.68 bits per heavy atom. The summed E-state index contributed by atoms with van der Waals surface area (Å²) in [7, 11) is 0. The van der Waals surface area contributed by atoms with Crippen LogP contribution in [0.15, 0.2) is 58.3 Å². The van der Waals surface area contributed by atoms with Crippen LogP contribution >= 0.6 is 22.9 Å². The largest absolute Gasteiger partial charge is 0.507 e. The van der Waals surface area contributed by atoms with Gasteiger partial charge < -0.3 is 10.0 Å². The number of fused-ring (bicyclic) bond motifs is 1. The maximum atomic E-state index is 12.7. The van der Waals surface area contributed by atoms with Crippen molar-refractivity contribution in [3.05, 3.63) is 78.8 Å². The first-order valence-corrected chi connectivity index (χ1v) is 8.85. The fourth-order valence-electron chi connectivity index (χ4n) is 2.68. The number of phenols is 1. The van der Waals surface area contributed by atoms with Gasteiger partial charge in [0.15, 0.2) is 4.80 Å². The molecule has 3 aromatic rings. The molecule has 0 spiro atoms. The molecule has 0 aliphatic carbocycles.